The topological polar surface area (TPSA) is 49.8 Å². The maximum atomic E-state index is 11.6. The molecule has 2 aliphatic rings. The Balaban J connectivity index is 1.97. The van der Waals surface area contributed by atoms with E-state index in [4.69, 9.17) is 4.74 Å². The normalized spacial score (nSPS) is 23.7. The molecular formula is C15H27NO3. The van der Waals surface area contributed by atoms with Gasteiger partial charge in [-0.25, -0.2) is 0 Å². The lowest BCUT2D eigenvalue weighted by Crippen LogP contribution is -2.49. The molecule has 4 nitrogen and oxygen atoms in total. The Hall–Kier alpha value is -0.610. The molecule has 2 saturated carbocycles. The molecule has 2 rings (SSSR count). The van der Waals surface area contributed by atoms with Gasteiger partial charge >= 0.3 is 5.97 Å². The Morgan fingerprint density at radius 3 is 2.42 bits per heavy atom. The van der Waals surface area contributed by atoms with Crippen molar-refractivity contribution in [2.75, 3.05) is 20.2 Å². The third-order valence-electron chi connectivity index (χ3n) is 4.68. The van der Waals surface area contributed by atoms with E-state index in [-0.39, 0.29) is 5.97 Å². The van der Waals surface area contributed by atoms with Crippen LogP contribution in [0.4, 0.5) is 0 Å². The van der Waals surface area contributed by atoms with Crippen LogP contribution < -0.4 is 0 Å². The highest BCUT2D eigenvalue weighted by Crippen LogP contribution is 2.31. The zero-order chi connectivity index (χ0) is 13.7. The summed E-state index contributed by atoms with van der Waals surface area (Å²) in [6.07, 6.45) is 9.94. The summed E-state index contributed by atoms with van der Waals surface area (Å²) in [6.45, 7) is 0.955. The molecule has 4 heteroatoms. The van der Waals surface area contributed by atoms with Crippen LogP contribution in [0, 0.1) is 0 Å². The van der Waals surface area contributed by atoms with Crippen LogP contribution in [0.1, 0.15) is 57.8 Å². The summed E-state index contributed by atoms with van der Waals surface area (Å²) in [6, 6.07) is 0.449. The number of hydrogen-bond donors (Lipinski definition) is 1. The molecule has 0 saturated heterocycles. The first-order chi connectivity index (χ1) is 9.13. The van der Waals surface area contributed by atoms with E-state index in [1.165, 1.54) is 26.4 Å². The Morgan fingerprint density at radius 1 is 1.21 bits per heavy atom. The molecule has 0 atom stereocenters. The van der Waals surface area contributed by atoms with Gasteiger partial charge in [-0.05, 0) is 25.7 Å². The second kappa shape index (κ2) is 6.71. The molecule has 110 valence electrons. The quantitative estimate of drug-likeness (QED) is 0.777. The predicted octanol–water partition coefficient (Wildman–Crippen LogP) is 2.10. The number of methoxy groups -OCH3 is 1. The zero-order valence-electron chi connectivity index (χ0n) is 12.1. The van der Waals surface area contributed by atoms with Gasteiger partial charge in [0.15, 0.2) is 0 Å². The van der Waals surface area contributed by atoms with E-state index < -0.39 is 5.60 Å². The molecule has 0 aromatic carbocycles. The largest absolute Gasteiger partial charge is 0.468 e. The van der Waals surface area contributed by atoms with Crippen LogP contribution >= 0.6 is 0 Å². The molecular weight excluding hydrogens is 242 g/mol. The highest BCUT2D eigenvalue weighted by molar-refractivity contribution is 5.71. The third kappa shape index (κ3) is 4.18. The molecule has 0 aliphatic heterocycles. The van der Waals surface area contributed by atoms with Gasteiger partial charge in [-0.3, -0.25) is 9.69 Å². The van der Waals surface area contributed by atoms with Crippen molar-refractivity contribution in [1.29, 1.82) is 0 Å². The molecule has 0 unspecified atom stereocenters. The predicted molar refractivity (Wildman–Crippen MR) is 73.9 cm³/mol. The van der Waals surface area contributed by atoms with Crippen molar-refractivity contribution in [3.05, 3.63) is 0 Å². The minimum Gasteiger partial charge on any atom is -0.468 e. The molecule has 0 heterocycles. The molecule has 0 aromatic heterocycles. The van der Waals surface area contributed by atoms with Crippen LogP contribution in [0.3, 0.4) is 0 Å². The lowest BCUT2D eigenvalue weighted by atomic mass is 9.84. The molecule has 0 amide bonds. The second-order valence-electron chi connectivity index (χ2n) is 6.20. The molecule has 19 heavy (non-hydrogen) atoms. The van der Waals surface area contributed by atoms with Crippen LogP contribution in [0.5, 0.6) is 0 Å². The Bertz CT molecular complexity index is 294. The van der Waals surface area contributed by atoms with Crippen molar-refractivity contribution < 1.29 is 14.6 Å². The third-order valence-corrected chi connectivity index (χ3v) is 4.68. The highest BCUT2D eigenvalue weighted by Gasteiger charge is 2.35. The first-order valence-corrected chi connectivity index (χ1v) is 7.66. The molecule has 2 fully saturated rings. The maximum absolute atomic E-state index is 11.6. The number of ether oxygens (including phenoxy) is 1. The Morgan fingerprint density at radius 2 is 1.84 bits per heavy atom. The van der Waals surface area contributed by atoms with Crippen LogP contribution in [0.25, 0.3) is 0 Å². The van der Waals surface area contributed by atoms with Crippen molar-refractivity contribution in [1.82, 2.24) is 4.90 Å². The zero-order valence-corrected chi connectivity index (χ0v) is 12.1. The SMILES string of the molecule is COC(=O)CN(CC1(O)CCCCC1)C1CCCC1. The van der Waals surface area contributed by atoms with Gasteiger partial charge in [-0.15, -0.1) is 0 Å². The summed E-state index contributed by atoms with van der Waals surface area (Å²) in [5.41, 5.74) is -0.588. The average molecular weight is 269 g/mol. The Kier molecular flexibility index (Phi) is 5.22. The fourth-order valence-electron chi connectivity index (χ4n) is 3.56. The van der Waals surface area contributed by atoms with Gasteiger partial charge in [0.05, 0.1) is 19.3 Å². The van der Waals surface area contributed by atoms with Crippen molar-refractivity contribution in [2.24, 2.45) is 0 Å². The molecule has 0 spiro atoms. The van der Waals surface area contributed by atoms with Crippen molar-refractivity contribution in [3.8, 4) is 0 Å². The van der Waals surface area contributed by atoms with Gasteiger partial charge < -0.3 is 9.84 Å². The van der Waals surface area contributed by atoms with Gasteiger partial charge in [-0.1, -0.05) is 32.1 Å². The van der Waals surface area contributed by atoms with Crippen LogP contribution in [-0.4, -0.2) is 47.8 Å². The lowest BCUT2D eigenvalue weighted by molar-refractivity contribution is -0.143. The summed E-state index contributed by atoms with van der Waals surface area (Å²) in [5.74, 6) is -0.189. The first-order valence-electron chi connectivity index (χ1n) is 7.66. The monoisotopic (exact) mass is 269 g/mol. The number of carbonyl (C=O) groups excluding carboxylic acids is 1. The van der Waals surface area contributed by atoms with E-state index in [0.29, 0.717) is 19.1 Å². The minimum absolute atomic E-state index is 0.189. The van der Waals surface area contributed by atoms with Gasteiger partial charge in [0.2, 0.25) is 0 Å². The van der Waals surface area contributed by atoms with Crippen LogP contribution in [-0.2, 0) is 9.53 Å². The first kappa shape index (κ1) is 14.8. The minimum atomic E-state index is -0.588. The summed E-state index contributed by atoms with van der Waals surface area (Å²) in [4.78, 5) is 13.8. The molecule has 0 aromatic rings. The molecule has 0 radical (unpaired) electrons. The fraction of sp³-hybridized carbons (Fsp3) is 0.933. The van der Waals surface area contributed by atoms with Gasteiger partial charge in [-0.2, -0.15) is 0 Å². The summed E-state index contributed by atoms with van der Waals surface area (Å²) in [7, 11) is 1.44. The van der Waals surface area contributed by atoms with E-state index in [9.17, 15) is 9.90 Å². The fourth-order valence-corrected chi connectivity index (χ4v) is 3.56. The summed E-state index contributed by atoms with van der Waals surface area (Å²) in [5, 5.41) is 10.7. The van der Waals surface area contributed by atoms with Gasteiger partial charge in [0.1, 0.15) is 0 Å². The van der Waals surface area contributed by atoms with E-state index in [0.717, 1.165) is 38.5 Å². The van der Waals surface area contributed by atoms with E-state index >= 15 is 0 Å². The molecule has 0 bridgehead atoms. The average Bonchev–Trinajstić information content (AvgIpc) is 2.92. The van der Waals surface area contributed by atoms with Gasteiger partial charge in [0.25, 0.3) is 0 Å². The van der Waals surface area contributed by atoms with Crippen LogP contribution in [0.15, 0.2) is 0 Å². The van der Waals surface area contributed by atoms with E-state index in [1.54, 1.807) is 0 Å². The number of esters is 1. The Labute approximate surface area is 116 Å². The van der Waals surface area contributed by atoms with E-state index in [2.05, 4.69) is 4.90 Å². The number of rotatable bonds is 5. The van der Waals surface area contributed by atoms with Gasteiger partial charge in [0, 0.05) is 12.6 Å². The van der Waals surface area contributed by atoms with Crippen molar-refractivity contribution in [3.63, 3.8) is 0 Å². The number of carbonyl (C=O) groups is 1. The van der Waals surface area contributed by atoms with Crippen LogP contribution in [0.2, 0.25) is 0 Å². The summed E-state index contributed by atoms with van der Waals surface area (Å²) < 4.78 is 4.80. The molecule has 2 aliphatic carbocycles. The standard InChI is InChI=1S/C15H27NO3/c1-19-14(17)11-16(13-7-3-4-8-13)12-15(18)9-5-2-6-10-15/h13,18H,2-12H2,1H3. The molecule has 1 N–H and O–H groups in total. The number of nitrogens with zero attached hydrogens (tertiary/aromatic N) is 1. The maximum Gasteiger partial charge on any atom is 0.319 e. The number of hydrogen-bond acceptors (Lipinski definition) is 4. The summed E-state index contributed by atoms with van der Waals surface area (Å²) >= 11 is 0. The number of aliphatic hydroxyl groups is 1. The second-order valence-corrected chi connectivity index (χ2v) is 6.20. The highest BCUT2D eigenvalue weighted by atomic mass is 16.5. The van der Waals surface area contributed by atoms with E-state index in [1.807, 2.05) is 0 Å². The smallest absolute Gasteiger partial charge is 0.319 e. The van der Waals surface area contributed by atoms with Crippen molar-refractivity contribution >= 4 is 5.97 Å². The lowest BCUT2D eigenvalue weighted by Gasteiger charge is -2.39. The van der Waals surface area contributed by atoms with Crippen molar-refractivity contribution in [2.45, 2.75) is 69.4 Å².